The normalized spacial score (nSPS) is 22.8. The van der Waals surface area contributed by atoms with Crippen LogP contribution in [0.15, 0.2) is 59.3 Å². The number of nitrogen functional groups attached to an aromatic ring is 1. The number of hydrogen-bond donors (Lipinski definition) is 5. The van der Waals surface area contributed by atoms with Gasteiger partial charge < -0.3 is 26.0 Å². The van der Waals surface area contributed by atoms with Crippen LogP contribution in [-0.2, 0) is 4.74 Å². The summed E-state index contributed by atoms with van der Waals surface area (Å²) in [5.41, 5.74) is 6.24. The molecule has 3 heterocycles. The summed E-state index contributed by atoms with van der Waals surface area (Å²) in [5, 5.41) is 22.8. The summed E-state index contributed by atoms with van der Waals surface area (Å²) >= 11 is 0. The fraction of sp³-hybridized carbons (Fsp3) is 0.227. The zero-order valence-corrected chi connectivity index (χ0v) is 16.6. The SMILES string of the molecule is [2H]c1c([2H])c([2H])c(-c2ccc(Nc3nc4c(=O)[nH]c(N)nc4n3[C@H]3C[C@@H](O)[C@@H](CO)O3)cc2)c([2H])c1[2H]. The van der Waals surface area contributed by atoms with Gasteiger partial charge in [-0.1, -0.05) is 42.3 Å². The Labute approximate surface area is 189 Å². The minimum Gasteiger partial charge on any atom is -0.394 e. The molecule has 10 heteroatoms. The number of nitrogens with one attached hydrogen (secondary N) is 2. The van der Waals surface area contributed by atoms with Crippen LogP contribution in [0, 0.1) is 0 Å². The monoisotopic (exact) mass is 439 g/mol. The molecule has 0 unspecified atom stereocenters. The number of rotatable bonds is 5. The lowest BCUT2D eigenvalue weighted by Gasteiger charge is -2.17. The van der Waals surface area contributed by atoms with Gasteiger partial charge in [-0.05, 0) is 23.3 Å². The van der Waals surface area contributed by atoms with Crippen molar-refractivity contribution in [1.29, 1.82) is 0 Å². The zero-order valence-electron chi connectivity index (χ0n) is 21.6. The molecule has 3 atom stereocenters. The van der Waals surface area contributed by atoms with Gasteiger partial charge in [0, 0.05) is 12.1 Å². The highest BCUT2D eigenvalue weighted by Crippen LogP contribution is 2.34. The quantitative estimate of drug-likeness (QED) is 0.315. The average molecular weight is 439 g/mol. The van der Waals surface area contributed by atoms with E-state index in [1.807, 2.05) is 0 Å². The van der Waals surface area contributed by atoms with Crippen LogP contribution in [0.4, 0.5) is 17.6 Å². The van der Waals surface area contributed by atoms with Gasteiger partial charge in [-0.3, -0.25) is 14.3 Å². The number of fused-ring (bicyclic) bond motifs is 1. The fourth-order valence-electron chi connectivity index (χ4n) is 3.64. The van der Waals surface area contributed by atoms with E-state index < -0.39 is 48.7 Å². The van der Waals surface area contributed by atoms with Gasteiger partial charge >= 0.3 is 0 Å². The van der Waals surface area contributed by atoms with Crippen LogP contribution in [0.25, 0.3) is 22.3 Å². The molecule has 0 radical (unpaired) electrons. The van der Waals surface area contributed by atoms with Crippen molar-refractivity contribution >= 4 is 28.7 Å². The van der Waals surface area contributed by atoms with E-state index in [0.29, 0.717) is 11.3 Å². The molecule has 0 spiro atoms. The molecule has 32 heavy (non-hydrogen) atoms. The topological polar surface area (TPSA) is 151 Å². The Hall–Kier alpha value is -3.73. The van der Waals surface area contributed by atoms with E-state index in [1.165, 1.54) is 4.57 Å². The summed E-state index contributed by atoms with van der Waals surface area (Å²) in [6.45, 7) is -0.401. The molecule has 4 aromatic rings. The number of H-pyrrole nitrogens is 1. The zero-order chi connectivity index (χ0) is 26.6. The number of anilines is 3. The number of ether oxygens (including phenoxy) is 1. The minimum atomic E-state index is -0.948. The third kappa shape index (κ3) is 3.60. The molecule has 0 amide bonds. The van der Waals surface area contributed by atoms with Crippen LogP contribution in [0.5, 0.6) is 0 Å². The predicted octanol–water partition coefficient (Wildman–Crippen LogP) is 1.75. The second-order valence-corrected chi connectivity index (χ2v) is 7.25. The molecular formula is C22H22N6O4. The number of benzene rings is 2. The lowest BCUT2D eigenvalue weighted by Crippen LogP contribution is -2.24. The predicted molar refractivity (Wildman–Crippen MR) is 119 cm³/mol. The van der Waals surface area contributed by atoms with Gasteiger partial charge in [0.05, 0.1) is 19.6 Å². The molecule has 1 aliphatic rings. The first-order valence-electron chi connectivity index (χ1n) is 12.3. The van der Waals surface area contributed by atoms with Crippen LogP contribution in [0.1, 0.15) is 19.5 Å². The van der Waals surface area contributed by atoms with Crippen LogP contribution < -0.4 is 16.6 Å². The smallest absolute Gasteiger partial charge is 0.280 e. The molecule has 0 saturated carbocycles. The Morgan fingerprint density at radius 1 is 1.22 bits per heavy atom. The summed E-state index contributed by atoms with van der Waals surface area (Å²) in [7, 11) is 0. The first kappa shape index (κ1) is 15.1. The van der Waals surface area contributed by atoms with E-state index >= 15 is 0 Å². The maximum absolute atomic E-state index is 12.5. The van der Waals surface area contributed by atoms with E-state index in [9.17, 15) is 15.0 Å². The molecule has 2 aromatic heterocycles. The molecule has 6 N–H and O–H groups in total. The summed E-state index contributed by atoms with van der Waals surface area (Å²) in [5.74, 6) is 0.0235. The van der Waals surface area contributed by atoms with E-state index in [-0.39, 0.29) is 47.1 Å². The summed E-state index contributed by atoms with van der Waals surface area (Å²) < 4.78 is 47.1. The van der Waals surface area contributed by atoms with E-state index in [4.69, 9.17) is 17.3 Å². The Bertz CT molecular complexity index is 1550. The summed E-state index contributed by atoms with van der Waals surface area (Å²) in [6.07, 6.45) is -2.48. The number of nitrogens with two attached hydrogens (primary N) is 1. The van der Waals surface area contributed by atoms with Gasteiger partial charge in [-0.2, -0.15) is 4.98 Å². The first-order valence-corrected chi connectivity index (χ1v) is 9.77. The Kier molecular flexibility index (Phi) is 3.82. The molecule has 5 rings (SSSR count). The molecule has 0 bridgehead atoms. The Morgan fingerprint density at radius 3 is 2.66 bits per heavy atom. The van der Waals surface area contributed by atoms with Crippen LogP contribution in [-0.4, -0.2) is 48.5 Å². The maximum Gasteiger partial charge on any atom is 0.280 e. The van der Waals surface area contributed by atoms with E-state index in [0.717, 1.165) is 0 Å². The Morgan fingerprint density at radius 2 is 1.97 bits per heavy atom. The van der Waals surface area contributed by atoms with Crippen LogP contribution in [0.2, 0.25) is 0 Å². The van der Waals surface area contributed by atoms with Crippen molar-refractivity contribution < 1.29 is 21.8 Å². The van der Waals surface area contributed by atoms with Gasteiger partial charge in [0.2, 0.25) is 11.9 Å². The van der Waals surface area contributed by atoms with E-state index in [2.05, 4.69) is 20.3 Å². The van der Waals surface area contributed by atoms with Gasteiger partial charge in [0.1, 0.15) is 12.3 Å². The van der Waals surface area contributed by atoms with Crippen molar-refractivity contribution in [1.82, 2.24) is 19.5 Å². The van der Waals surface area contributed by atoms with Crippen molar-refractivity contribution in [3.05, 3.63) is 64.8 Å². The third-order valence-electron chi connectivity index (χ3n) is 5.17. The van der Waals surface area contributed by atoms with Crippen LogP contribution >= 0.6 is 0 Å². The second-order valence-electron chi connectivity index (χ2n) is 7.25. The van der Waals surface area contributed by atoms with Gasteiger partial charge in [0.25, 0.3) is 5.56 Å². The van der Waals surface area contributed by atoms with E-state index in [1.54, 1.807) is 24.3 Å². The number of aliphatic hydroxyl groups excluding tert-OH is 2. The minimum absolute atomic E-state index is 0.0158. The van der Waals surface area contributed by atoms with Gasteiger partial charge in [0.15, 0.2) is 11.2 Å². The highest BCUT2D eigenvalue weighted by molar-refractivity contribution is 5.76. The molecule has 0 aliphatic carbocycles. The maximum atomic E-state index is 12.5. The number of aromatic amines is 1. The average Bonchev–Trinajstić information content (AvgIpc) is 3.42. The third-order valence-corrected chi connectivity index (χ3v) is 5.17. The van der Waals surface area contributed by atoms with Crippen molar-refractivity contribution in [3.8, 4) is 11.1 Å². The highest BCUT2D eigenvalue weighted by atomic mass is 16.5. The van der Waals surface area contributed by atoms with Crippen molar-refractivity contribution in [2.75, 3.05) is 17.7 Å². The largest absolute Gasteiger partial charge is 0.394 e. The van der Waals surface area contributed by atoms with Crippen molar-refractivity contribution in [2.45, 2.75) is 24.9 Å². The van der Waals surface area contributed by atoms with Gasteiger partial charge in [-0.15, -0.1) is 0 Å². The molecular weight excluding hydrogens is 412 g/mol. The van der Waals surface area contributed by atoms with Crippen LogP contribution in [0.3, 0.4) is 0 Å². The second kappa shape index (κ2) is 8.08. The summed E-state index contributed by atoms with van der Waals surface area (Å²) in [6, 6.07) is 4.46. The fourth-order valence-corrected chi connectivity index (χ4v) is 3.64. The van der Waals surface area contributed by atoms with Crippen molar-refractivity contribution in [2.24, 2.45) is 0 Å². The number of imidazole rings is 1. The first-order chi connectivity index (χ1) is 17.6. The number of aliphatic hydroxyl groups is 2. The number of nitrogens with zero attached hydrogens (tertiary/aromatic N) is 3. The number of aromatic nitrogens is 4. The molecule has 1 fully saturated rings. The van der Waals surface area contributed by atoms with Gasteiger partial charge in [-0.25, -0.2) is 4.98 Å². The van der Waals surface area contributed by atoms with Crippen molar-refractivity contribution in [3.63, 3.8) is 0 Å². The molecule has 10 nitrogen and oxygen atoms in total. The standard InChI is InChI=1S/C22H22N6O4/c23-21-26-19-18(20(31)27-21)25-22(28(19)17-10-15(30)16(11-29)32-17)24-14-8-6-13(7-9-14)12-4-2-1-3-5-12/h1-9,15-17,29-30H,10-11H2,(H,24,25)(H3,23,26,27,31)/t15-,16-,17-/m1/s1/i1D,2D,3D,4D,5D. The molecule has 1 saturated heterocycles. The summed E-state index contributed by atoms with van der Waals surface area (Å²) in [4.78, 5) is 23.4. The number of hydrogen-bond acceptors (Lipinski definition) is 8. The molecule has 164 valence electrons. The molecule has 1 aliphatic heterocycles. The highest BCUT2D eigenvalue weighted by Gasteiger charge is 2.37. The lowest BCUT2D eigenvalue weighted by molar-refractivity contribution is -0.0425. The lowest BCUT2D eigenvalue weighted by atomic mass is 10.1. The molecule has 2 aromatic carbocycles. The Balaban J connectivity index is 1.55.